The smallest absolute Gasteiger partial charge is 0.337 e. The van der Waals surface area contributed by atoms with Gasteiger partial charge in [0.2, 0.25) is 0 Å². The normalized spacial score (nSPS) is 12.4. The molecule has 0 aliphatic rings. The first-order chi connectivity index (χ1) is 11.9. The maximum atomic E-state index is 13.2. The van der Waals surface area contributed by atoms with Gasteiger partial charge in [-0.25, -0.2) is 4.98 Å². The highest BCUT2D eigenvalue weighted by molar-refractivity contribution is 6.33. The van der Waals surface area contributed by atoms with Gasteiger partial charge >= 0.3 is 6.18 Å². The Balaban J connectivity index is 2.61. The molecule has 4 nitrogen and oxygen atoms in total. The molecule has 0 radical (unpaired) electrons. The van der Waals surface area contributed by atoms with Gasteiger partial charge in [0.05, 0.1) is 16.3 Å². The highest BCUT2D eigenvalue weighted by Gasteiger charge is 2.33. The molecule has 8 heteroatoms. The molecule has 0 aromatic carbocycles. The van der Waals surface area contributed by atoms with Crippen LogP contribution in [0.3, 0.4) is 0 Å². The Morgan fingerprint density at radius 3 is 2.23 bits per heavy atom. The number of aryl methyl sites for hydroxylation is 1. The van der Waals surface area contributed by atoms with Crippen LogP contribution in [0.4, 0.5) is 13.2 Å². The second kappa shape index (κ2) is 7.47. The van der Waals surface area contributed by atoms with Gasteiger partial charge in [-0.1, -0.05) is 39.3 Å². The summed E-state index contributed by atoms with van der Waals surface area (Å²) in [5.74, 6) is 0.117. The number of alkyl halides is 3. The predicted molar refractivity (Wildman–Crippen MR) is 95.5 cm³/mol. The summed E-state index contributed by atoms with van der Waals surface area (Å²) in [5, 5.41) is -0.138. The predicted octanol–water partition coefficient (Wildman–Crippen LogP) is 5.07. The lowest BCUT2D eigenvalue weighted by atomic mass is 10.1. The average Bonchev–Trinajstić information content (AvgIpc) is 2.80. The van der Waals surface area contributed by atoms with Crippen molar-refractivity contribution in [3.8, 4) is 0 Å². The van der Waals surface area contributed by atoms with Crippen molar-refractivity contribution in [1.82, 2.24) is 14.3 Å². The molecule has 2 aromatic rings. The first-order valence-corrected chi connectivity index (χ1v) is 8.84. The van der Waals surface area contributed by atoms with E-state index >= 15 is 0 Å². The van der Waals surface area contributed by atoms with Crippen LogP contribution in [0.1, 0.15) is 49.4 Å². The van der Waals surface area contributed by atoms with Crippen molar-refractivity contribution in [2.45, 2.75) is 40.8 Å². The molecule has 1 amide bonds. The van der Waals surface area contributed by atoms with Crippen molar-refractivity contribution in [3.05, 3.63) is 34.2 Å². The molecule has 0 bridgehead atoms. The number of aromatic nitrogens is 2. The molecule has 144 valence electrons. The van der Waals surface area contributed by atoms with Crippen molar-refractivity contribution < 1.29 is 18.0 Å². The van der Waals surface area contributed by atoms with Crippen molar-refractivity contribution in [2.24, 2.45) is 11.8 Å². The molecule has 0 atom stereocenters. The van der Waals surface area contributed by atoms with E-state index in [0.717, 1.165) is 16.7 Å². The highest BCUT2D eigenvalue weighted by Crippen LogP contribution is 2.33. The number of pyridine rings is 1. The minimum atomic E-state index is -4.56. The molecule has 0 aliphatic heterocycles. The van der Waals surface area contributed by atoms with Crippen LogP contribution in [0, 0.1) is 18.8 Å². The first kappa shape index (κ1) is 20.6. The number of fused-ring (bicyclic) bond motifs is 1. The monoisotopic (exact) mass is 389 g/mol. The summed E-state index contributed by atoms with van der Waals surface area (Å²) in [4.78, 5) is 19.0. The van der Waals surface area contributed by atoms with E-state index in [-0.39, 0.29) is 34.1 Å². The highest BCUT2D eigenvalue weighted by atomic mass is 35.5. The molecular weight excluding hydrogens is 367 g/mol. The summed E-state index contributed by atoms with van der Waals surface area (Å²) in [6, 6.07) is 0.831. The van der Waals surface area contributed by atoms with Gasteiger partial charge < -0.3 is 4.90 Å². The van der Waals surface area contributed by atoms with Crippen LogP contribution in [0.2, 0.25) is 5.02 Å². The molecule has 0 unspecified atom stereocenters. The van der Waals surface area contributed by atoms with E-state index in [4.69, 9.17) is 11.6 Å². The second-order valence-corrected chi connectivity index (χ2v) is 7.72. The van der Waals surface area contributed by atoms with Crippen molar-refractivity contribution in [3.63, 3.8) is 0 Å². The van der Waals surface area contributed by atoms with Crippen molar-refractivity contribution >= 4 is 23.2 Å². The third-order valence-corrected chi connectivity index (χ3v) is 4.12. The Bertz CT molecular complexity index is 802. The SMILES string of the molecule is Cc1nc2c(Cl)cc(C(F)(F)F)cn2c1C(=O)N(CC(C)C)CC(C)C. The number of amides is 1. The lowest BCUT2D eigenvalue weighted by molar-refractivity contribution is -0.137. The van der Waals surface area contributed by atoms with E-state index in [9.17, 15) is 18.0 Å². The number of hydrogen-bond acceptors (Lipinski definition) is 2. The molecule has 0 N–H and O–H groups in total. The van der Waals surface area contributed by atoms with Gasteiger partial charge in [-0.15, -0.1) is 0 Å². The Morgan fingerprint density at radius 1 is 1.23 bits per heavy atom. The van der Waals surface area contributed by atoms with Gasteiger partial charge in [-0.3, -0.25) is 9.20 Å². The van der Waals surface area contributed by atoms with Crippen molar-refractivity contribution in [1.29, 1.82) is 0 Å². The Labute approximate surface area is 156 Å². The zero-order valence-corrected chi connectivity index (χ0v) is 16.2. The molecule has 0 spiro atoms. The van der Waals surface area contributed by atoms with E-state index in [2.05, 4.69) is 4.98 Å². The summed E-state index contributed by atoms with van der Waals surface area (Å²) < 4.78 is 40.6. The lowest BCUT2D eigenvalue weighted by Crippen LogP contribution is -2.38. The third kappa shape index (κ3) is 4.31. The molecule has 0 saturated carbocycles. The van der Waals surface area contributed by atoms with Gasteiger partial charge in [0.25, 0.3) is 5.91 Å². The number of carbonyl (C=O) groups excluding carboxylic acids is 1. The summed E-state index contributed by atoms with van der Waals surface area (Å²) in [7, 11) is 0. The first-order valence-electron chi connectivity index (χ1n) is 8.46. The van der Waals surface area contributed by atoms with Gasteiger partial charge in [0.15, 0.2) is 5.65 Å². The van der Waals surface area contributed by atoms with E-state index in [1.807, 2.05) is 27.7 Å². The molecule has 26 heavy (non-hydrogen) atoms. The van der Waals surface area contributed by atoms with Crippen LogP contribution < -0.4 is 0 Å². The summed E-state index contributed by atoms with van der Waals surface area (Å²) in [6.45, 7) is 10.6. The average molecular weight is 390 g/mol. The summed E-state index contributed by atoms with van der Waals surface area (Å²) >= 11 is 6.00. The second-order valence-electron chi connectivity index (χ2n) is 7.31. The number of carbonyl (C=O) groups is 1. The van der Waals surface area contributed by atoms with Crippen molar-refractivity contribution in [2.75, 3.05) is 13.1 Å². The topological polar surface area (TPSA) is 37.6 Å². The fourth-order valence-corrected chi connectivity index (χ4v) is 3.15. The molecule has 2 heterocycles. The van der Waals surface area contributed by atoms with E-state index < -0.39 is 11.7 Å². The van der Waals surface area contributed by atoms with Crippen LogP contribution >= 0.6 is 11.6 Å². The zero-order valence-electron chi connectivity index (χ0n) is 15.5. The largest absolute Gasteiger partial charge is 0.417 e. The Morgan fingerprint density at radius 2 is 1.77 bits per heavy atom. The van der Waals surface area contributed by atoms with E-state index in [1.165, 1.54) is 0 Å². The van der Waals surface area contributed by atoms with Gasteiger partial charge in [0.1, 0.15) is 5.69 Å². The van der Waals surface area contributed by atoms with E-state index in [1.54, 1.807) is 11.8 Å². The molecule has 0 saturated heterocycles. The maximum Gasteiger partial charge on any atom is 0.417 e. The van der Waals surface area contributed by atoms with E-state index in [0.29, 0.717) is 18.8 Å². The third-order valence-electron chi connectivity index (χ3n) is 3.84. The Hall–Kier alpha value is -1.76. The number of hydrogen-bond donors (Lipinski definition) is 0. The molecule has 0 aliphatic carbocycles. The summed E-state index contributed by atoms with van der Waals surface area (Å²) in [5.41, 5.74) is -0.293. The maximum absolute atomic E-state index is 13.2. The Kier molecular flexibility index (Phi) is 5.90. The lowest BCUT2D eigenvalue weighted by Gasteiger charge is -2.26. The van der Waals surface area contributed by atoms with Gasteiger partial charge in [-0.2, -0.15) is 13.2 Å². The fraction of sp³-hybridized carbons (Fsp3) is 0.556. The number of halogens is 4. The molecule has 2 rings (SSSR count). The minimum Gasteiger partial charge on any atom is -0.337 e. The van der Waals surface area contributed by atoms with Crippen LogP contribution in [-0.4, -0.2) is 33.3 Å². The molecular formula is C18H23ClF3N3O. The fourth-order valence-electron chi connectivity index (χ4n) is 2.90. The molecule has 2 aromatic heterocycles. The summed E-state index contributed by atoms with van der Waals surface area (Å²) in [6.07, 6.45) is -3.68. The van der Waals surface area contributed by atoms with Crippen LogP contribution in [0.5, 0.6) is 0 Å². The standard InChI is InChI=1S/C18H23ClF3N3O/c1-10(2)7-24(8-11(3)4)17(26)15-12(5)23-16-14(19)6-13(9-25(15)16)18(20,21)22/h6,9-11H,7-8H2,1-5H3. The van der Waals surface area contributed by atoms with Crippen LogP contribution in [0.25, 0.3) is 5.65 Å². The van der Waals surface area contributed by atoms with Gasteiger partial charge in [0, 0.05) is 19.3 Å². The molecule has 0 fully saturated rings. The number of rotatable bonds is 5. The zero-order chi connectivity index (χ0) is 19.8. The van der Waals surface area contributed by atoms with Crippen LogP contribution in [0.15, 0.2) is 12.3 Å². The minimum absolute atomic E-state index is 0.120. The van der Waals surface area contributed by atoms with Crippen LogP contribution in [-0.2, 0) is 6.18 Å². The number of nitrogens with zero attached hydrogens (tertiary/aromatic N) is 3. The quantitative estimate of drug-likeness (QED) is 0.716. The number of imidazole rings is 1. The van der Waals surface area contributed by atoms with Gasteiger partial charge in [-0.05, 0) is 24.8 Å².